The molecule has 3 unspecified atom stereocenters. The van der Waals surface area contributed by atoms with E-state index in [0.717, 1.165) is 16.7 Å². The highest BCUT2D eigenvalue weighted by atomic mass is 35.5. The van der Waals surface area contributed by atoms with Gasteiger partial charge in [0.1, 0.15) is 11.8 Å². The molecule has 3 aromatic rings. The van der Waals surface area contributed by atoms with Crippen LogP contribution in [0.15, 0.2) is 66.7 Å². The van der Waals surface area contributed by atoms with E-state index in [1.807, 2.05) is 63.2 Å². The fourth-order valence-electron chi connectivity index (χ4n) is 5.10. The molecule has 3 atom stereocenters. The number of amides is 3. The van der Waals surface area contributed by atoms with Gasteiger partial charge < -0.3 is 25.7 Å². The number of benzene rings is 3. The normalized spacial score (nSPS) is 17.4. The van der Waals surface area contributed by atoms with Gasteiger partial charge in [-0.3, -0.25) is 14.4 Å². The quantitative estimate of drug-likeness (QED) is 0.286. The van der Waals surface area contributed by atoms with Gasteiger partial charge in [0.25, 0.3) is 11.8 Å². The van der Waals surface area contributed by atoms with Crippen molar-refractivity contribution >= 4 is 41.1 Å². The van der Waals surface area contributed by atoms with Crippen molar-refractivity contribution in [2.45, 2.75) is 63.6 Å². The third-order valence-electron chi connectivity index (χ3n) is 7.71. The average molecular weight is 610 g/mol. The smallest absolute Gasteiger partial charge is 0.254 e. The minimum absolute atomic E-state index is 0.0305. The topological polar surface area (TPSA) is 119 Å². The first-order chi connectivity index (χ1) is 19.9. The summed E-state index contributed by atoms with van der Waals surface area (Å²) in [5, 5.41) is 27.9. The monoisotopic (exact) mass is 609 g/mol. The summed E-state index contributed by atoms with van der Waals surface area (Å²) in [5.74, 6) is -1.35. The summed E-state index contributed by atoms with van der Waals surface area (Å²) in [4.78, 5) is 42.1. The predicted octanol–water partition coefficient (Wildman–Crippen LogP) is 4.36. The Morgan fingerprint density at radius 3 is 2.43 bits per heavy atom. The molecule has 0 spiro atoms. The maximum atomic E-state index is 13.9. The fraction of sp³-hybridized carbons (Fsp3) is 0.344. The molecule has 1 heterocycles. The number of hydrogen-bond donors (Lipinski definition) is 4. The van der Waals surface area contributed by atoms with Crippen LogP contribution in [0.5, 0.6) is 5.75 Å². The number of carbonyl (C=O) groups excluding carboxylic acids is 3. The molecular formula is C32H36ClN3O5S. The molecule has 10 heteroatoms. The molecule has 1 aliphatic heterocycles. The second-order valence-electron chi connectivity index (χ2n) is 11.0. The van der Waals surface area contributed by atoms with Gasteiger partial charge in [-0.05, 0) is 69.0 Å². The van der Waals surface area contributed by atoms with Crippen molar-refractivity contribution in [3.8, 4) is 5.75 Å². The van der Waals surface area contributed by atoms with Crippen LogP contribution in [-0.2, 0) is 22.6 Å². The summed E-state index contributed by atoms with van der Waals surface area (Å²) in [7, 11) is 0. The van der Waals surface area contributed by atoms with Crippen molar-refractivity contribution in [1.82, 2.24) is 15.5 Å². The molecule has 1 aliphatic rings. The Bertz CT molecular complexity index is 1470. The lowest BCUT2D eigenvalue weighted by Gasteiger charge is -2.33. The van der Waals surface area contributed by atoms with E-state index in [0.29, 0.717) is 10.6 Å². The summed E-state index contributed by atoms with van der Waals surface area (Å²) in [5.41, 5.74) is 3.16. The maximum Gasteiger partial charge on any atom is 0.254 e. The first-order valence-corrected chi connectivity index (χ1v) is 15.0. The predicted molar refractivity (Wildman–Crippen MR) is 165 cm³/mol. The van der Waals surface area contributed by atoms with E-state index in [4.69, 9.17) is 11.6 Å². The zero-order chi connectivity index (χ0) is 30.6. The third-order valence-corrected chi connectivity index (χ3v) is 9.49. The first kappa shape index (κ1) is 31.4. The van der Waals surface area contributed by atoms with Crippen molar-refractivity contribution < 1.29 is 24.6 Å². The lowest BCUT2D eigenvalue weighted by molar-refractivity contribution is -0.147. The van der Waals surface area contributed by atoms with E-state index in [1.54, 1.807) is 25.1 Å². The summed E-state index contributed by atoms with van der Waals surface area (Å²) in [6.45, 7) is 7.52. The van der Waals surface area contributed by atoms with Crippen LogP contribution < -0.4 is 10.6 Å². The van der Waals surface area contributed by atoms with Gasteiger partial charge in [0.2, 0.25) is 5.91 Å². The van der Waals surface area contributed by atoms with Crippen LogP contribution in [0.1, 0.15) is 46.5 Å². The van der Waals surface area contributed by atoms with Crippen LogP contribution in [0, 0.1) is 13.8 Å². The number of nitrogens with zero attached hydrogens (tertiary/aromatic N) is 1. The van der Waals surface area contributed by atoms with E-state index in [2.05, 4.69) is 10.6 Å². The number of carbonyl (C=O) groups is 3. The van der Waals surface area contributed by atoms with Crippen LogP contribution in [0.25, 0.3) is 0 Å². The highest BCUT2D eigenvalue weighted by molar-refractivity contribution is 8.00. The first-order valence-electron chi connectivity index (χ1n) is 13.7. The number of thioether (sulfide) groups is 1. The van der Waals surface area contributed by atoms with Crippen molar-refractivity contribution in [1.29, 1.82) is 0 Å². The third kappa shape index (κ3) is 6.91. The van der Waals surface area contributed by atoms with Crippen LogP contribution in [0.3, 0.4) is 0 Å². The molecule has 222 valence electrons. The summed E-state index contributed by atoms with van der Waals surface area (Å²) in [6.07, 6.45) is -1.46. The fourth-order valence-corrected chi connectivity index (χ4v) is 6.44. The SMILES string of the molecule is Cc1c(Cl)cccc1CNC(=O)C1N(C(=O)C(O)C(Cc2ccccc2)NC(=O)c2cccc(O)c2C)CSC1(C)C. The van der Waals surface area contributed by atoms with Crippen molar-refractivity contribution in [3.63, 3.8) is 0 Å². The highest BCUT2D eigenvalue weighted by Gasteiger charge is 2.49. The molecule has 1 fully saturated rings. The number of aliphatic hydroxyl groups is 1. The Labute approximate surface area is 255 Å². The summed E-state index contributed by atoms with van der Waals surface area (Å²) < 4.78 is -0.625. The molecule has 42 heavy (non-hydrogen) atoms. The number of aliphatic hydroxyl groups excluding tert-OH is 1. The van der Waals surface area contributed by atoms with Gasteiger partial charge in [-0.15, -0.1) is 11.8 Å². The number of halogens is 1. The lowest BCUT2D eigenvalue weighted by Crippen LogP contribution is -2.58. The van der Waals surface area contributed by atoms with Gasteiger partial charge in [-0.1, -0.05) is 60.1 Å². The zero-order valence-corrected chi connectivity index (χ0v) is 25.6. The van der Waals surface area contributed by atoms with E-state index in [1.165, 1.54) is 22.7 Å². The molecule has 3 amide bonds. The second kappa shape index (κ2) is 13.2. The molecule has 4 N–H and O–H groups in total. The van der Waals surface area contributed by atoms with Gasteiger partial charge in [-0.2, -0.15) is 0 Å². The molecule has 8 nitrogen and oxygen atoms in total. The van der Waals surface area contributed by atoms with Crippen molar-refractivity contribution in [2.75, 3.05) is 5.88 Å². The molecule has 1 saturated heterocycles. The van der Waals surface area contributed by atoms with Crippen molar-refractivity contribution in [2.24, 2.45) is 0 Å². The Morgan fingerprint density at radius 1 is 1.02 bits per heavy atom. The van der Waals surface area contributed by atoms with E-state index in [9.17, 15) is 24.6 Å². The average Bonchev–Trinajstić information content (AvgIpc) is 3.29. The van der Waals surface area contributed by atoms with Gasteiger partial charge >= 0.3 is 0 Å². The highest BCUT2D eigenvalue weighted by Crippen LogP contribution is 2.40. The zero-order valence-electron chi connectivity index (χ0n) is 24.1. The Balaban J connectivity index is 1.56. The van der Waals surface area contributed by atoms with Crippen molar-refractivity contribution in [3.05, 3.63) is 99.6 Å². The largest absolute Gasteiger partial charge is 0.508 e. The lowest BCUT2D eigenvalue weighted by atomic mass is 9.96. The number of nitrogens with one attached hydrogen (secondary N) is 2. The van der Waals surface area contributed by atoms with Crippen LogP contribution in [-0.4, -0.2) is 61.6 Å². The number of phenolic OH excluding ortho intramolecular Hbond substituents is 1. The van der Waals surface area contributed by atoms with Gasteiger partial charge in [0.05, 0.1) is 11.9 Å². The molecular weight excluding hydrogens is 574 g/mol. The van der Waals surface area contributed by atoms with E-state index >= 15 is 0 Å². The minimum atomic E-state index is -1.63. The molecule has 0 bridgehead atoms. The summed E-state index contributed by atoms with van der Waals surface area (Å²) in [6, 6.07) is 17.5. The summed E-state index contributed by atoms with van der Waals surface area (Å²) >= 11 is 7.69. The van der Waals surface area contributed by atoms with Crippen LogP contribution in [0.4, 0.5) is 0 Å². The van der Waals surface area contributed by atoms with E-state index < -0.39 is 34.7 Å². The molecule has 0 saturated carbocycles. The standard InChI is InChI=1S/C32H36ClN3O5S/c1-19-22(12-8-14-24(19)33)17-34-30(40)28-32(3,4)42-18-36(28)31(41)27(38)25(16-21-10-6-5-7-11-21)35-29(39)23-13-9-15-26(37)20(23)2/h5-15,25,27-28,37-38H,16-18H2,1-4H3,(H,34,40)(H,35,39). The molecule has 0 aliphatic carbocycles. The molecule has 4 rings (SSSR count). The Kier molecular flexibility index (Phi) is 9.86. The number of phenols is 1. The Hall–Kier alpha value is -3.53. The Morgan fingerprint density at radius 2 is 1.71 bits per heavy atom. The van der Waals surface area contributed by atoms with Crippen LogP contribution in [0.2, 0.25) is 5.02 Å². The molecule has 3 aromatic carbocycles. The number of rotatable bonds is 9. The van der Waals surface area contributed by atoms with Crippen LogP contribution >= 0.6 is 23.4 Å². The number of hydrogen-bond acceptors (Lipinski definition) is 6. The van der Waals surface area contributed by atoms with Gasteiger partial charge in [0.15, 0.2) is 6.10 Å². The number of aromatic hydroxyl groups is 1. The van der Waals surface area contributed by atoms with Gasteiger partial charge in [0, 0.05) is 27.4 Å². The van der Waals surface area contributed by atoms with Gasteiger partial charge in [-0.25, -0.2) is 0 Å². The molecule has 0 radical (unpaired) electrons. The second-order valence-corrected chi connectivity index (χ2v) is 13.0. The molecule has 0 aromatic heterocycles. The minimum Gasteiger partial charge on any atom is -0.508 e. The maximum absolute atomic E-state index is 13.9. The van der Waals surface area contributed by atoms with E-state index in [-0.39, 0.29) is 36.1 Å².